The van der Waals surface area contributed by atoms with Gasteiger partial charge in [-0.15, -0.1) is 11.3 Å². The van der Waals surface area contributed by atoms with Crippen molar-refractivity contribution < 1.29 is 22.8 Å². The maximum Gasteiger partial charge on any atom is 0.347 e. The normalized spacial score (nSPS) is 11.3. The van der Waals surface area contributed by atoms with E-state index in [1.165, 1.54) is 17.6 Å². The van der Waals surface area contributed by atoms with E-state index < -0.39 is 16.0 Å². The molecule has 17 heavy (non-hydrogen) atoms. The minimum Gasteiger partial charge on any atom is -0.477 e. The van der Waals surface area contributed by atoms with Crippen molar-refractivity contribution in [3.63, 3.8) is 0 Å². The van der Waals surface area contributed by atoms with Crippen LogP contribution in [0.15, 0.2) is 33.3 Å². The third kappa shape index (κ3) is 2.29. The second kappa shape index (κ2) is 4.18. The lowest BCUT2D eigenvalue weighted by atomic mass is 10.5. The summed E-state index contributed by atoms with van der Waals surface area (Å²) in [5.74, 6) is -1.29. The molecule has 0 spiro atoms. The van der Waals surface area contributed by atoms with Gasteiger partial charge in [-0.05, 0) is 11.4 Å². The van der Waals surface area contributed by atoms with Crippen molar-refractivity contribution in [2.45, 2.75) is 4.90 Å². The van der Waals surface area contributed by atoms with Gasteiger partial charge >= 0.3 is 5.97 Å². The van der Waals surface area contributed by atoms with E-state index in [4.69, 9.17) is 5.11 Å². The molecular weight excluding hydrogens is 268 g/mol. The van der Waals surface area contributed by atoms with E-state index in [1.807, 2.05) is 0 Å². The van der Waals surface area contributed by atoms with Gasteiger partial charge in [-0.3, -0.25) is 4.72 Å². The van der Waals surface area contributed by atoms with Crippen molar-refractivity contribution in [3.8, 4) is 0 Å². The standard InChI is InChI=1S/C8H6N2O5S2/c11-8(12)7-6(1-2-16-7)17(13,14)10-5-3-9-15-4-5/h1-4,10H,(H,11,12). The zero-order valence-corrected chi connectivity index (χ0v) is 9.79. The lowest BCUT2D eigenvalue weighted by Gasteiger charge is -2.03. The van der Waals surface area contributed by atoms with Gasteiger partial charge in [0.25, 0.3) is 10.0 Å². The number of hydrogen-bond acceptors (Lipinski definition) is 6. The number of carboxylic acids is 1. The summed E-state index contributed by atoms with van der Waals surface area (Å²) in [7, 11) is -3.94. The summed E-state index contributed by atoms with van der Waals surface area (Å²) in [5, 5.41) is 13.6. The average Bonchev–Trinajstić information content (AvgIpc) is 2.84. The highest BCUT2D eigenvalue weighted by Gasteiger charge is 2.24. The largest absolute Gasteiger partial charge is 0.477 e. The zero-order valence-electron chi connectivity index (χ0n) is 8.15. The topological polar surface area (TPSA) is 110 Å². The van der Waals surface area contributed by atoms with Crippen LogP contribution in [-0.2, 0) is 10.0 Å². The number of carbonyl (C=O) groups is 1. The molecule has 0 unspecified atom stereocenters. The van der Waals surface area contributed by atoms with Crippen LogP contribution in [0.4, 0.5) is 5.69 Å². The molecule has 0 saturated heterocycles. The average molecular weight is 274 g/mol. The van der Waals surface area contributed by atoms with Gasteiger partial charge in [0.1, 0.15) is 21.7 Å². The van der Waals surface area contributed by atoms with Crippen LogP contribution in [0.5, 0.6) is 0 Å². The molecule has 2 aromatic rings. The maximum absolute atomic E-state index is 11.8. The molecule has 0 aliphatic carbocycles. The van der Waals surface area contributed by atoms with Gasteiger partial charge in [-0.25, -0.2) is 13.2 Å². The molecule has 0 fully saturated rings. The smallest absolute Gasteiger partial charge is 0.347 e. The minimum atomic E-state index is -3.94. The summed E-state index contributed by atoms with van der Waals surface area (Å²) in [6.07, 6.45) is 2.27. The predicted molar refractivity (Wildman–Crippen MR) is 58.6 cm³/mol. The van der Waals surface area contributed by atoms with Crippen molar-refractivity contribution in [1.29, 1.82) is 0 Å². The Bertz CT molecular complexity index is 629. The molecule has 2 aromatic heterocycles. The van der Waals surface area contributed by atoms with E-state index in [2.05, 4.69) is 14.4 Å². The lowest BCUT2D eigenvalue weighted by molar-refractivity contribution is 0.0698. The number of nitrogens with zero attached hydrogens (tertiary/aromatic N) is 1. The van der Waals surface area contributed by atoms with Gasteiger partial charge in [0.2, 0.25) is 0 Å². The fourth-order valence-electron chi connectivity index (χ4n) is 1.13. The molecule has 0 atom stereocenters. The number of aromatic carboxylic acids is 1. The summed E-state index contributed by atoms with van der Waals surface area (Å²) in [6.45, 7) is 0. The highest BCUT2D eigenvalue weighted by atomic mass is 32.2. The fourth-order valence-corrected chi connectivity index (χ4v) is 3.41. The minimum absolute atomic E-state index is 0.132. The van der Waals surface area contributed by atoms with Crippen molar-refractivity contribution in [2.24, 2.45) is 0 Å². The van der Waals surface area contributed by atoms with Gasteiger partial charge in [-0.1, -0.05) is 5.16 Å². The molecule has 90 valence electrons. The molecule has 0 saturated carbocycles. The lowest BCUT2D eigenvalue weighted by Crippen LogP contribution is -2.14. The summed E-state index contributed by atoms with van der Waals surface area (Å²) < 4.78 is 30.3. The number of anilines is 1. The zero-order chi connectivity index (χ0) is 12.5. The Balaban J connectivity index is 2.38. The SMILES string of the molecule is O=C(O)c1sccc1S(=O)(=O)Nc1cnoc1. The quantitative estimate of drug-likeness (QED) is 0.867. The molecule has 2 N–H and O–H groups in total. The Hall–Kier alpha value is -1.87. The highest BCUT2D eigenvalue weighted by molar-refractivity contribution is 7.93. The van der Waals surface area contributed by atoms with E-state index in [0.717, 1.165) is 17.6 Å². The monoisotopic (exact) mass is 274 g/mol. The Kier molecular flexibility index (Phi) is 2.86. The van der Waals surface area contributed by atoms with Crippen LogP contribution in [-0.4, -0.2) is 24.7 Å². The first-order valence-electron chi connectivity index (χ1n) is 4.23. The van der Waals surface area contributed by atoms with E-state index in [1.54, 1.807) is 0 Å². The van der Waals surface area contributed by atoms with Gasteiger partial charge in [0, 0.05) is 0 Å². The maximum atomic E-state index is 11.8. The third-order valence-corrected chi connectivity index (χ3v) is 4.25. The number of nitrogens with one attached hydrogen (secondary N) is 1. The van der Waals surface area contributed by atoms with E-state index in [-0.39, 0.29) is 15.5 Å². The summed E-state index contributed by atoms with van der Waals surface area (Å²) >= 11 is 0.839. The first-order valence-corrected chi connectivity index (χ1v) is 6.60. The molecule has 0 amide bonds. The van der Waals surface area contributed by atoms with Gasteiger partial charge in [0.05, 0.1) is 6.20 Å². The van der Waals surface area contributed by atoms with Crippen LogP contribution in [0.1, 0.15) is 9.67 Å². The number of thiophene rings is 1. The van der Waals surface area contributed by atoms with E-state index in [0.29, 0.717) is 0 Å². The molecule has 2 rings (SSSR count). The molecule has 0 aromatic carbocycles. The van der Waals surface area contributed by atoms with Crippen LogP contribution < -0.4 is 4.72 Å². The second-order valence-electron chi connectivity index (χ2n) is 2.94. The second-order valence-corrected chi connectivity index (χ2v) is 5.50. The predicted octanol–water partition coefficient (Wildman–Crippen LogP) is 1.24. The van der Waals surface area contributed by atoms with Crippen LogP contribution in [0.3, 0.4) is 0 Å². The summed E-state index contributed by atoms with van der Waals surface area (Å²) in [4.78, 5) is 10.3. The van der Waals surface area contributed by atoms with Gasteiger partial charge in [0.15, 0.2) is 0 Å². The molecule has 2 heterocycles. The number of hydrogen-bond donors (Lipinski definition) is 2. The van der Waals surface area contributed by atoms with Crippen molar-refractivity contribution in [1.82, 2.24) is 5.16 Å². The molecular formula is C8H6N2O5S2. The summed E-state index contributed by atoms with van der Waals surface area (Å²) in [6, 6.07) is 1.23. The van der Waals surface area contributed by atoms with Crippen LogP contribution in [0.25, 0.3) is 0 Å². The van der Waals surface area contributed by atoms with Crippen LogP contribution >= 0.6 is 11.3 Å². The number of carboxylic acid groups (broad SMARTS) is 1. The molecule has 0 radical (unpaired) electrons. The van der Waals surface area contributed by atoms with E-state index >= 15 is 0 Å². The molecule has 0 aliphatic heterocycles. The Labute approximate surface area is 99.7 Å². The van der Waals surface area contributed by atoms with Crippen molar-refractivity contribution >= 4 is 33.0 Å². The number of aromatic nitrogens is 1. The fraction of sp³-hybridized carbons (Fsp3) is 0. The van der Waals surface area contributed by atoms with Crippen LogP contribution in [0, 0.1) is 0 Å². The van der Waals surface area contributed by atoms with Gasteiger partial charge in [-0.2, -0.15) is 0 Å². The van der Waals surface area contributed by atoms with E-state index in [9.17, 15) is 13.2 Å². The first-order chi connectivity index (χ1) is 8.00. The Morgan fingerprint density at radius 1 is 1.53 bits per heavy atom. The third-order valence-electron chi connectivity index (χ3n) is 1.80. The molecule has 9 heteroatoms. The number of rotatable bonds is 4. The highest BCUT2D eigenvalue weighted by Crippen LogP contribution is 2.24. The van der Waals surface area contributed by atoms with Crippen molar-refractivity contribution in [3.05, 3.63) is 28.8 Å². The molecule has 7 nitrogen and oxygen atoms in total. The molecule has 0 aliphatic rings. The van der Waals surface area contributed by atoms with Gasteiger partial charge < -0.3 is 9.63 Å². The first kappa shape index (κ1) is 11.6. The molecule has 0 bridgehead atoms. The Morgan fingerprint density at radius 2 is 2.29 bits per heavy atom. The van der Waals surface area contributed by atoms with Crippen molar-refractivity contribution in [2.75, 3.05) is 4.72 Å². The van der Waals surface area contributed by atoms with Crippen LogP contribution in [0.2, 0.25) is 0 Å². The summed E-state index contributed by atoms with van der Waals surface area (Å²) in [5.41, 5.74) is 0.132. The number of sulfonamides is 1. The Morgan fingerprint density at radius 3 is 2.88 bits per heavy atom.